The van der Waals surface area contributed by atoms with Crippen LogP contribution in [0.3, 0.4) is 0 Å². The maximum atomic E-state index is 13.4. The molecule has 1 rings (SSSR count). The van der Waals surface area contributed by atoms with Crippen LogP contribution in [0.2, 0.25) is 0 Å². The number of aliphatic hydroxyl groups excluding tert-OH is 1. The Labute approximate surface area is 103 Å². The fraction of sp³-hybridized carbons (Fsp3) is 0.571. The number of nitrogens with two attached hydrogens (primary N) is 1. The minimum absolute atomic E-state index is 0.269. The van der Waals surface area contributed by atoms with E-state index in [1.54, 1.807) is 19.1 Å². The van der Waals surface area contributed by atoms with E-state index >= 15 is 0 Å². The lowest BCUT2D eigenvalue weighted by Crippen LogP contribution is -2.27. The third-order valence-corrected chi connectivity index (χ3v) is 3.12. The molecule has 17 heavy (non-hydrogen) atoms. The highest BCUT2D eigenvalue weighted by Crippen LogP contribution is 2.23. The van der Waals surface area contributed by atoms with Gasteiger partial charge in [0.2, 0.25) is 0 Å². The molecule has 0 aromatic heterocycles. The number of hydrogen-bond donors (Lipinski definition) is 2. The summed E-state index contributed by atoms with van der Waals surface area (Å²) in [6, 6.07) is 4.31. The molecule has 96 valence electrons. The molecule has 0 heterocycles. The molecule has 0 radical (unpaired) electrons. The van der Waals surface area contributed by atoms with Crippen LogP contribution in [-0.2, 0) is 0 Å². The third-order valence-electron chi connectivity index (χ3n) is 3.12. The minimum atomic E-state index is -0.613. The van der Waals surface area contributed by atoms with Crippen molar-refractivity contribution in [2.45, 2.75) is 45.8 Å². The molecular formula is C14H22FNO. The van der Waals surface area contributed by atoms with Crippen molar-refractivity contribution in [3.8, 4) is 0 Å². The van der Waals surface area contributed by atoms with Crippen LogP contribution < -0.4 is 5.73 Å². The minimum Gasteiger partial charge on any atom is -0.391 e. The van der Waals surface area contributed by atoms with Gasteiger partial charge in [0.05, 0.1) is 12.1 Å². The van der Waals surface area contributed by atoms with Crippen LogP contribution in [0.5, 0.6) is 0 Å². The molecule has 0 aliphatic rings. The Hall–Kier alpha value is -0.930. The van der Waals surface area contributed by atoms with Crippen molar-refractivity contribution in [2.24, 2.45) is 11.7 Å². The van der Waals surface area contributed by atoms with Gasteiger partial charge in [0, 0.05) is 0 Å². The maximum Gasteiger partial charge on any atom is 0.126 e. The predicted molar refractivity (Wildman–Crippen MR) is 68.1 cm³/mol. The maximum absolute atomic E-state index is 13.4. The van der Waals surface area contributed by atoms with Gasteiger partial charge < -0.3 is 10.8 Å². The Bertz CT molecular complexity index is 365. The van der Waals surface area contributed by atoms with Crippen molar-refractivity contribution in [1.82, 2.24) is 0 Å². The highest BCUT2D eigenvalue weighted by atomic mass is 19.1. The van der Waals surface area contributed by atoms with Crippen LogP contribution in [0.25, 0.3) is 0 Å². The van der Waals surface area contributed by atoms with Gasteiger partial charge in [-0.2, -0.15) is 0 Å². The molecule has 0 aliphatic heterocycles. The lowest BCUT2D eigenvalue weighted by Gasteiger charge is -2.21. The lowest BCUT2D eigenvalue weighted by atomic mass is 9.93. The molecule has 2 atom stereocenters. The third kappa shape index (κ3) is 3.79. The van der Waals surface area contributed by atoms with Gasteiger partial charge in [-0.15, -0.1) is 0 Å². The molecule has 1 aromatic rings. The van der Waals surface area contributed by atoms with Gasteiger partial charge in [-0.05, 0) is 42.9 Å². The first-order chi connectivity index (χ1) is 7.93. The second-order valence-electron chi connectivity index (χ2n) is 5.02. The number of aliphatic hydroxyl groups is 1. The van der Waals surface area contributed by atoms with E-state index in [0.717, 1.165) is 6.42 Å². The monoisotopic (exact) mass is 239 g/mol. The molecule has 0 bridgehead atoms. The van der Waals surface area contributed by atoms with Crippen molar-refractivity contribution in [3.63, 3.8) is 0 Å². The van der Waals surface area contributed by atoms with Gasteiger partial charge in [-0.3, -0.25) is 0 Å². The molecular weight excluding hydrogens is 217 g/mol. The molecule has 0 fully saturated rings. The summed E-state index contributed by atoms with van der Waals surface area (Å²) in [5.41, 5.74) is 7.20. The highest BCUT2D eigenvalue weighted by molar-refractivity contribution is 5.30. The number of benzene rings is 1. The summed E-state index contributed by atoms with van der Waals surface area (Å²) in [4.78, 5) is 0. The molecule has 0 amide bonds. The number of hydrogen-bond acceptors (Lipinski definition) is 2. The molecule has 2 nitrogen and oxygen atoms in total. The van der Waals surface area contributed by atoms with Gasteiger partial charge in [0.15, 0.2) is 0 Å². The van der Waals surface area contributed by atoms with Crippen LogP contribution >= 0.6 is 0 Å². The second-order valence-corrected chi connectivity index (χ2v) is 5.02. The summed E-state index contributed by atoms with van der Waals surface area (Å²) in [5.74, 6) is 0.263. The first-order valence-corrected chi connectivity index (χ1v) is 6.12. The first-order valence-electron chi connectivity index (χ1n) is 6.12. The molecule has 0 spiro atoms. The summed E-state index contributed by atoms with van der Waals surface area (Å²) >= 11 is 0. The molecule has 3 heteroatoms. The van der Waals surface area contributed by atoms with Crippen molar-refractivity contribution < 1.29 is 9.50 Å². The molecule has 0 saturated heterocycles. The average Bonchev–Trinajstić information content (AvgIpc) is 2.28. The van der Waals surface area contributed by atoms with E-state index in [1.807, 2.05) is 0 Å². The topological polar surface area (TPSA) is 46.2 Å². The van der Waals surface area contributed by atoms with Crippen LogP contribution in [0, 0.1) is 18.7 Å². The van der Waals surface area contributed by atoms with E-state index in [0.29, 0.717) is 23.5 Å². The highest BCUT2D eigenvalue weighted by Gasteiger charge is 2.19. The van der Waals surface area contributed by atoms with Gasteiger partial charge in [-0.25, -0.2) is 4.39 Å². The Morgan fingerprint density at radius 3 is 2.53 bits per heavy atom. The zero-order valence-electron chi connectivity index (χ0n) is 10.8. The fourth-order valence-electron chi connectivity index (χ4n) is 1.88. The molecule has 0 saturated carbocycles. The standard InChI is InChI=1S/C14H22FNO/c1-9(2)7-8-13(17)14(16)11-5-4-6-12(15)10(11)3/h4-6,9,13-14,17H,7-8,16H2,1-3H3/t13-,14+/m1/s1. The van der Waals surface area contributed by atoms with Gasteiger partial charge in [0.1, 0.15) is 5.82 Å². The van der Waals surface area contributed by atoms with E-state index in [2.05, 4.69) is 13.8 Å². The normalized spacial score (nSPS) is 15.0. The Morgan fingerprint density at radius 2 is 1.94 bits per heavy atom. The van der Waals surface area contributed by atoms with Crippen LogP contribution in [0.15, 0.2) is 18.2 Å². The Kier molecular flexibility index (Phi) is 5.09. The Balaban J connectivity index is 2.74. The smallest absolute Gasteiger partial charge is 0.126 e. The largest absolute Gasteiger partial charge is 0.391 e. The van der Waals surface area contributed by atoms with E-state index in [4.69, 9.17) is 5.73 Å². The predicted octanol–water partition coefficient (Wildman–Crippen LogP) is 2.93. The Morgan fingerprint density at radius 1 is 1.29 bits per heavy atom. The average molecular weight is 239 g/mol. The van der Waals surface area contributed by atoms with Gasteiger partial charge in [-0.1, -0.05) is 26.0 Å². The summed E-state index contributed by atoms with van der Waals surface area (Å²) in [7, 11) is 0. The van der Waals surface area contributed by atoms with Crippen molar-refractivity contribution >= 4 is 0 Å². The van der Waals surface area contributed by atoms with E-state index in [-0.39, 0.29) is 5.82 Å². The number of halogens is 1. The van der Waals surface area contributed by atoms with Crippen LogP contribution in [0.4, 0.5) is 4.39 Å². The van der Waals surface area contributed by atoms with Crippen molar-refractivity contribution in [2.75, 3.05) is 0 Å². The zero-order chi connectivity index (χ0) is 13.0. The molecule has 3 N–H and O–H groups in total. The molecule has 1 aromatic carbocycles. The summed E-state index contributed by atoms with van der Waals surface area (Å²) < 4.78 is 13.4. The first kappa shape index (κ1) is 14.1. The van der Waals surface area contributed by atoms with Crippen LogP contribution in [-0.4, -0.2) is 11.2 Å². The van der Waals surface area contributed by atoms with Gasteiger partial charge in [0.25, 0.3) is 0 Å². The van der Waals surface area contributed by atoms with Crippen molar-refractivity contribution in [3.05, 3.63) is 35.1 Å². The number of rotatable bonds is 5. The SMILES string of the molecule is Cc1c(F)cccc1[C@H](N)[C@H](O)CCC(C)C. The molecule has 0 unspecified atom stereocenters. The van der Waals surface area contributed by atoms with Crippen molar-refractivity contribution in [1.29, 1.82) is 0 Å². The lowest BCUT2D eigenvalue weighted by molar-refractivity contribution is 0.128. The zero-order valence-corrected chi connectivity index (χ0v) is 10.8. The van der Waals surface area contributed by atoms with Crippen LogP contribution in [0.1, 0.15) is 43.9 Å². The van der Waals surface area contributed by atoms with Gasteiger partial charge >= 0.3 is 0 Å². The van der Waals surface area contributed by atoms with E-state index in [1.165, 1.54) is 6.07 Å². The fourth-order valence-corrected chi connectivity index (χ4v) is 1.88. The molecule has 0 aliphatic carbocycles. The quantitative estimate of drug-likeness (QED) is 0.830. The van der Waals surface area contributed by atoms with E-state index < -0.39 is 12.1 Å². The second kappa shape index (κ2) is 6.12. The van der Waals surface area contributed by atoms with E-state index in [9.17, 15) is 9.50 Å². The summed E-state index contributed by atoms with van der Waals surface area (Å²) in [6.45, 7) is 5.90. The summed E-state index contributed by atoms with van der Waals surface area (Å²) in [6.07, 6.45) is 0.954. The summed E-state index contributed by atoms with van der Waals surface area (Å²) in [5, 5.41) is 9.99.